The summed E-state index contributed by atoms with van der Waals surface area (Å²) in [4.78, 5) is 0. The second kappa shape index (κ2) is 9.82. The first kappa shape index (κ1) is 22.8. The van der Waals surface area contributed by atoms with Gasteiger partial charge < -0.3 is 4.55 Å². The first-order valence-corrected chi connectivity index (χ1v) is 11.4. The van der Waals surface area contributed by atoms with E-state index in [1.54, 1.807) is 12.1 Å². The summed E-state index contributed by atoms with van der Waals surface area (Å²) in [5, 5.41) is 1.86. The Kier molecular flexibility index (Phi) is 8.00. The summed E-state index contributed by atoms with van der Waals surface area (Å²) in [5.74, 6) is 0. The van der Waals surface area contributed by atoms with Gasteiger partial charge in [0.2, 0.25) is 10.4 Å². The largest absolute Gasteiger partial charge is 0.726 e. The third-order valence-corrected chi connectivity index (χ3v) is 5.87. The molecule has 28 heavy (non-hydrogen) atoms. The lowest BCUT2D eigenvalue weighted by molar-refractivity contribution is 0.254. The Morgan fingerprint density at radius 1 is 0.964 bits per heavy atom. The Labute approximate surface area is 181 Å². The van der Waals surface area contributed by atoms with E-state index < -0.39 is 10.4 Å². The molecule has 4 nitrogen and oxygen atoms in total. The average molecular weight is 511 g/mol. The van der Waals surface area contributed by atoms with Crippen LogP contribution in [0.15, 0.2) is 66.7 Å². The quantitative estimate of drug-likeness (QED) is 0.247. The van der Waals surface area contributed by atoms with E-state index in [1.165, 1.54) is 15.6 Å². The van der Waals surface area contributed by atoms with Gasteiger partial charge in [0.15, 0.2) is 0 Å². The van der Waals surface area contributed by atoms with E-state index in [0.717, 1.165) is 10.8 Å². The Balaban J connectivity index is 0.000000209. The van der Waals surface area contributed by atoms with Gasteiger partial charge >= 0.3 is 0 Å². The highest BCUT2D eigenvalue weighted by Crippen LogP contribution is 2.26. The molecule has 3 aromatic rings. The fourth-order valence-corrected chi connectivity index (χ4v) is 3.29. The average Bonchev–Trinajstić information content (AvgIpc) is 2.66. The lowest BCUT2D eigenvalue weighted by Gasteiger charge is -2.23. The van der Waals surface area contributed by atoms with Crippen molar-refractivity contribution in [3.05, 3.63) is 81.4 Å². The molecular formula is C22H24IO4S-. The highest BCUT2D eigenvalue weighted by atomic mass is 127. The zero-order valence-electron chi connectivity index (χ0n) is 16.2. The highest BCUT2D eigenvalue weighted by Gasteiger charge is 2.16. The van der Waals surface area contributed by atoms with Gasteiger partial charge in [-0.2, -0.15) is 0 Å². The second-order valence-electron chi connectivity index (χ2n) is 7.05. The summed E-state index contributed by atoms with van der Waals surface area (Å²) in [5.41, 5.74) is 2.44. The van der Waals surface area contributed by atoms with Gasteiger partial charge in [-0.15, -0.1) is 0 Å². The predicted molar refractivity (Wildman–Crippen MR) is 121 cm³/mol. The molecule has 0 radical (unpaired) electrons. The molecular weight excluding hydrogens is 487 g/mol. The molecule has 0 bridgehead atoms. The molecule has 3 aromatic carbocycles. The molecule has 0 spiro atoms. The van der Waals surface area contributed by atoms with Crippen LogP contribution >= 0.6 is 22.6 Å². The molecule has 0 aliphatic carbocycles. The zero-order chi connectivity index (χ0) is 20.8. The van der Waals surface area contributed by atoms with Crippen LogP contribution in [-0.4, -0.2) is 13.0 Å². The van der Waals surface area contributed by atoms with Crippen molar-refractivity contribution in [3.8, 4) is 0 Å². The SMILES string of the molecule is CCC(C)(C)c1ccc(I)cc1.O=S(=O)([O-])OCc1cccc2ccccc12. The van der Waals surface area contributed by atoms with Gasteiger partial charge in [0.25, 0.3) is 0 Å². The fraction of sp³-hybridized carbons (Fsp3) is 0.273. The number of fused-ring (bicyclic) bond motifs is 1. The van der Waals surface area contributed by atoms with Crippen molar-refractivity contribution in [2.45, 2.75) is 39.2 Å². The normalized spacial score (nSPS) is 11.8. The van der Waals surface area contributed by atoms with Gasteiger partial charge in [-0.1, -0.05) is 75.4 Å². The minimum Gasteiger partial charge on any atom is -0.726 e. The molecule has 6 heteroatoms. The third kappa shape index (κ3) is 6.84. The summed E-state index contributed by atoms with van der Waals surface area (Å²) in [6.45, 7) is 6.58. The standard InChI is InChI=1S/C11H15I.C11H10O4S/c1-4-11(2,3)9-5-7-10(12)8-6-9;12-16(13,14)15-8-10-6-3-5-9-4-1-2-7-11(9)10/h5-8H,4H2,1-3H3;1-7H,8H2,(H,12,13,14)/p-1. The third-order valence-electron chi connectivity index (χ3n) is 4.75. The minimum absolute atomic E-state index is 0.229. The van der Waals surface area contributed by atoms with Crippen molar-refractivity contribution >= 4 is 43.8 Å². The maximum Gasteiger partial charge on any atom is 0.217 e. The van der Waals surface area contributed by atoms with Crippen molar-refractivity contribution in [1.29, 1.82) is 0 Å². The van der Waals surface area contributed by atoms with Crippen LogP contribution < -0.4 is 0 Å². The van der Waals surface area contributed by atoms with Gasteiger partial charge in [-0.25, -0.2) is 8.42 Å². The van der Waals surface area contributed by atoms with Crippen molar-refractivity contribution in [3.63, 3.8) is 0 Å². The van der Waals surface area contributed by atoms with Crippen LogP contribution in [0.5, 0.6) is 0 Å². The molecule has 0 saturated carbocycles. The van der Waals surface area contributed by atoms with Crippen LogP contribution in [0.2, 0.25) is 0 Å². The van der Waals surface area contributed by atoms with Crippen LogP contribution in [0.4, 0.5) is 0 Å². The monoisotopic (exact) mass is 511 g/mol. The summed E-state index contributed by atoms with van der Waals surface area (Å²) in [6, 6.07) is 21.7. The van der Waals surface area contributed by atoms with E-state index >= 15 is 0 Å². The maximum atomic E-state index is 10.4. The van der Waals surface area contributed by atoms with Crippen LogP contribution in [0.3, 0.4) is 0 Å². The molecule has 0 fully saturated rings. The van der Waals surface area contributed by atoms with Crippen LogP contribution in [0.1, 0.15) is 38.3 Å². The Hall–Kier alpha value is -1.48. The smallest absolute Gasteiger partial charge is 0.217 e. The predicted octanol–water partition coefficient (Wildman–Crippen LogP) is 5.80. The molecule has 0 aliphatic rings. The van der Waals surface area contributed by atoms with Crippen LogP contribution in [-0.2, 0) is 26.6 Å². The topological polar surface area (TPSA) is 66.4 Å². The van der Waals surface area contributed by atoms with E-state index in [0.29, 0.717) is 11.0 Å². The van der Waals surface area contributed by atoms with E-state index in [9.17, 15) is 13.0 Å². The Bertz CT molecular complexity index is 1010. The molecule has 0 saturated heterocycles. The van der Waals surface area contributed by atoms with Crippen LogP contribution in [0, 0.1) is 3.57 Å². The van der Waals surface area contributed by atoms with Crippen molar-refractivity contribution < 1.29 is 17.2 Å². The van der Waals surface area contributed by atoms with Gasteiger partial charge in [0, 0.05) is 3.57 Å². The fourth-order valence-electron chi connectivity index (χ4n) is 2.66. The van der Waals surface area contributed by atoms with Gasteiger partial charge in [-0.05, 0) is 68.5 Å². The summed E-state index contributed by atoms with van der Waals surface area (Å²) < 4.78 is 36.6. The molecule has 3 rings (SSSR count). The number of hydrogen-bond donors (Lipinski definition) is 0. The number of hydrogen-bond acceptors (Lipinski definition) is 4. The maximum absolute atomic E-state index is 10.4. The van der Waals surface area contributed by atoms with Crippen molar-refractivity contribution in [1.82, 2.24) is 0 Å². The first-order chi connectivity index (χ1) is 13.1. The Morgan fingerprint density at radius 3 is 2.18 bits per heavy atom. The molecule has 0 atom stereocenters. The van der Waals surface area contributed by atoms with Gasteiger partial charge in [0.1, 0.15) is 0 Å². The number of halogens is 1. The molecule has 0 aliphatic heterocycles. The summed E-state index contributed by atoms with van der Waals surface area (Å²) >= 11 is 2.34. The molecule has 0 unspecified atom stereocenters. The molecule has 0 heterocycles. The zero-order valence-corrected chi connectivity index (χ0v) is 19.2. The van der Waals surface area contributed by atoms with Crippen LogP contribution in [0.25, 0.3) is 10.8 Å². The van der Waals surface area contributed by atoms with Gasteiger partial charge in [-0.3, -0.25) is 4.18 Å². The molecule has 0 aromatic heterocycles. The highest BCUT2D eigenvalue weighted by molar-refractivity contribution is 14.1. The molecule has 0 amide bonds. The summed E-state index contributed by atoms with van der Waals surface area (Å²) in [6.07, 6.45) is 1.19. The van der Waals surface area contributed by atoms with E-state index in [1.807, 2.05) is 30.3 Å². The molecule has 150 valence electrons. The first-order valence-electron chi connectivity index (χ1n) is 8.95. The van der Waals surface area contributed by atoms with Crippen molar-refractivity contribution in [2.75, 3.05) is 0 Å². The van der Waals surface area contributed by atoms with E-state index in [4.69, 9.17) is 0 Å². The van der Waals surface area contributed by atoms with Gasteiger partial charge in [0.05, 0.1) is 6.61 Å². The second-order valence-corrected chi connectivity index (χ2v) is 9.35. The van der Waals surface area contributed by atoms with E-state index in [-0.39, 0.29) is 6.61 Å². The lowest BCUT2D eigenvalue weighted by Crippen LogP contribution is -2.14. The molecule has 0 N–H and O–H groups in total. The summed E-state index contributed by atoms with van der Waals surface area (Å²) in [7, 11) is -4.64. The number of benzene rings is 3. The minimum atomic E-state index is -4.64. The van der Waals surface area contributed by atoms with Crippen molar-refractivity contribution in [2.24, 2.45) is 0 Å². The lowest BCUT2D eigenvalue weighted by atomic mass is 9.82. The Morgan fingerprint density at radius 2 is 1.57 bits per heavy atom. The number of rotatable bonds is 5. The van der Waals surface area contributed by atoms with E-state index in [2.05, 4.69) is 71.8 Å².